The molecule has 0 radical (unpaired) electrons. The maximum atomic E-state index is 13.2. The van der Waals surface area contributed by atoms with E-state index in [1.807, 2.05) is 45.0 Å². The first-order chi connectivity index (χ1) is 17.5. The Morgan fingerprint density at radius 2 is 1.76 bits per heavy atom. The Bertz CT molecular complexity index is 1490. The van der Waals surface area contributed by atoms with Crippen molar-refractivity contribution in [3.63, 3.8) is 0 Å². The summed E-state index contributed by atoms with van der Waals surface area (Å²) in [6.45, 7) is 5.21. The number of H-pyrrole nitrogens is 1. The van der Waals surface area contributed by atoms with Gasteiger partial charge in [-0.3, -0.25) is 9.59 Å². The van der Waals surface area contributed by atoms with Crippen molar-refractivity contribution in [3.05, 3.63) is 84.5 Å². The number of fused-ring (bicyclic) bond motifs is 1. The molecule has 0 fully saturated rings. The predicted molar refractivity (Wildman–Crippen MR) is 149 cm³/mol. The first kappa shape index (κ1) is 27.1. The van der Waals surface area contributed by atoms with Crippen LogP contribution in [0, 0.1) is 0 Å². The van der Waals surface area contributed by atoms with Gasteiger partial charge in [-0.15, -0.1) is 0 Å². The number of hydrogen-bond acceptors (Lipinski definition) is 5. The number of carbonyl (C=O) groups excluding carboxylic acids is 1. The molecule has 37 heavy (non-hydrogen) atoms. The van der Waals surface area contributed by atoms with Crippen molar-refractivity contribution >= 4 is 51.7 Å². The average Bonchev–Trinajstić information content (AvgIpc) is 3.18. The number of carbonyl (C=O) groups is 1. The van der Waals surface area contributed by atoms with Crippen molar-refractivity contribution in [1.29, 1.82) is 0 Å². The molecule has 0 saturated heterocycles. The van der Waals surface area contributed by atoms with E-state index < -0.39 is 0 Å². The number of halogens is 3. The van der Waals surface area contributed by atoms with Gasteiger partial charge in [0.1, 0.15) is 16.9 Å². The lowest BCUT2D eigenvalue weighted by Gasteiger charge is -2.11. The SMILES string of the molecule is CC(C)c1nn(-c2c(Cl)cc(Cl)cc2Cl)c2nc(Cc3ccc(C(=O)NCCN(C)C)cc3)[nH]c(=O)c12. The van der Waals surface area contributed by atoms with E-state index in [0.29, 0.717) is 61.8 Å². The van der Waals surface area contributed by atoms with Crippen molar-refractivity contribution in [1.82, 2.24) is 30.0 Å². The smallest absolute Gasteiger partial charge is 0.262 e. The lowest BCUT2D eigenvalue weighted by molar-refractivity contribution is 0.0951. The van der Waals surface area contributed by atoms with Crippen LogP contribution in [0.5, 0.6) is 0 Å². The minimum atomic E-state index is -0.298. The van der Waals surface area contributed by atoms with E-state index in [1.54, 1.807) is 24.3 Å². The summed E-state index contributed by atoms with van der Waals surface area (Å²) >= 11 is 19.0. The highest BCUT2D eigenvalue weighted by Crippen LogP contribution is 2.34. The Morgan fingerprint density at radius 1 is 1.11 bits per heavy atom. The highest BCUT2D eigenvalue weighted by molar-refractivity contribution is 6.40. The van der Waals surface area contributed by atoms with Gasteiger partial charge in [0.25, 0.3) is 11.5 Å². The average molecular weight is 562 g/mol. The number of aromatic amines is 1. The summed E-state index contributed by atoms with van der Waals surface area (Å²) in [7, 11) is 3.90. The molecule has 2 heterocycles. The van der Waals surface area contributed by atoms with Gasteiger partial charge in [-0.1, -0.05) is 60.8 Å². The summed E-state index contributed by atoms with van der Waals surface area (Å²) < 4.78 is 1.51. The Balaban J connectivity index is 1.69. The normalized spacial score (nSPS) is 11.6. The Labute approximate surface area is 229 Å². The zero-order chi connectivity index (χ0) is 26.9. The zero-order valence-corrected chi connectivity index (χ0v) is 23.2. The van der Waals surface area contributed by atoms with Gasteiger partial charge in [0.2, 0.25) is 0 Å². The van der Waals surface area contributed by atoms with Crippen molar-refractivity contribution in [2.24, 2.45) is 0 Å². The quantitative estimate of drug-likeness (QED) is 0.313. The number of hydrogen-bond donors (Lipinski definition) is 2. The van der Waals surface area contributed by atoms with E-state index in [-0.39, 0.29) is 17.4 Å². The molecule has 2 N–H and O–H groups in total. The van der Waals surface area contributed by atoms with E-state index in [0.717, 1.165) is 12.1 Å². The third kappa shape index (κ3) is 5.99. The van der Waals surface area contributed by atoms with Gasteiger partial charge in [0, 0.05) is 30.1 Å². The fraction of sp³-hybridized carbons (Fsp3) is 0.308. The molecule has 0 aliphatic carbocycles. The molecule has 0 atom stereocenters. The number of benzene rings is 2. The number of rotatable bonds is 8. The van der Waals surface area contributed by atoms with Crippen molar-refractivity contribution in [2.75, 3.05) is 27.2 Å². The standard InChI is InChI=1S/C26H27Cl3N6O2/c1-14(2)22-21-24(35(33-22)23-18(28)12-17(27)13-19(23)29)31-20(32-26(21)37)11-15-5-7-16(8-6-15)25(36)30-9-10-34(3)4/h5-8,12-14H,9-11H2,1-4H3,(H,30,36)(H,31,32,37). The van der Waals surface area contributed by atoms with Gasteiger partial charge in [0.15, 0.2) is 5.65 Å². The predicted octanol–water partition coefficient (Wildman–Crippen LogP) is 5.07. The number of likely N-dealkylation sites (N-methyl/N-ethyl adjacent to an activating group) is 1. The van der Waals surface area contributed by atoms with Crippen LogP contribution in [0.15, 0.2) is 41.2 Å². The van der Waals surface area contributed by atoms with Crippen LogP contribution in [0.3, 0.4) is 0 Å². The van der Waals surface area contributed by atoms with E-state index in [2.05, 4.69) is 15.4 Å². The number of aromatic nitrogens is 4. The molecule has 194 valence electrons. The first-order valence-corrected chi connectivity index (χ1v) is 12.9. The fourth-order valence-electron chi connectivity index (χ4n) is 3.94. The second kappa shape index (κ2) is 11.2. The molecule has 2 aromatic carbocycles. The molecule has 4 aromatic rings. The second-order valence-corrected chi connectivity index (χ2v) is 10.6. The van der Waals surface area contributed by atoms with Crippen LogP contribution >= 0.6 is 34.8 Å². The highest BCUT2D eigenvalue weighted by Gasteiger charge is 2.23. The number of amides is 1. The fourth-order valence-corrected chi connectivity index (χ4v) is 4.92. The van der Waals surface area contributed by atoms with Gasteiger partial charge in [-0.05, 0) is 49.8 Å². The van der Waals surface area contributed by atoms with E-state index >= 15 is 0 Å². The van der Waals surface area contributed by atoms with Crippen LogP contribution in [0.2, 0.25) is 15.1 Å². The van der Waals surface area contributed by atoms with Crippen LogP contribution in [-0.2, 0) is 6.42 Å². The summed E-state index contributed by atoms with van der Waals surface area (Å²) in [5.74, 6) is 0.264. The summed E-state index contributed by atoms with van der Waals surface area (Å²) in [6.07, 6.45) is 0.345. The van der Waals surface area contributed by atoms with Gasteiger partial charge < -0.3 is 15.2 Å². The molecule has 0 saturated carbocycles. The highest BCUT2D eigenvalue weighted by atomic mass is 35.5. The van der Waals surface area contributed by atoms with Gasteiger partial charge in [0.05, 0.1) is 15.7 Å². The van der Waals surface area contributed by atoms with Crippen LogP contribution in [-0.4, -0.2) is 57.7 Å². The van der Waals surface area contributed by atoms with Crippen LogP contribution in [0.1, 0.15) is 47.2 Å². The third-order valence-electron chi connectivity index (χ3n) is 5.79. The van der Waals surface area contributed by atoms with Gasteiger partial charge in [-0.25, -0.2) is 9.67 Å². The molecule has 0 spiro atoms. The number of nitrogens with one attached hydrogen (secondary N) is 2. The topological polar surface area (TPSA) is 95.9 Å². The van der Waals surface area contributed by atoms with Crippen molar-refractivity contribution in [2.45, 2.75) is 26.2 Å². The summed E-state index contributed by atoms with van der Waals surface area (Å²) in [5.41, 5.74) is 2.48. The lowest BCUT2D eigenvalue weighted by Crippen LogP contribution is -2.31. The third-order valence-corrected chi connectivity index (χ3v) is 6.58. The first-order valence-electron chi connectivity index (χ1n) is 11.7. The summed E-state index contributed by atoms with van der Waals surface area (Å²) in [6, 6.07) is 10.3. The molecule has 0 unspecified atom stereocenters. The minimum absolute atomic E-state index is 0.0428. The molecule has 8 nitrogen and oxygen atoms in total. The van der Waals surface area contributed by atoms with Gasteiger partial charge in [-0.2, -0.15) is 5.10 Å². The van der Waals surface area contributed by atoms with Crippen LogP contribution in [0.4, 0.5) is 0 Å². The van der Waals surface area contributed by atoms with Crippen molar-refractivity contribution < 1.29 is 4.79 Å². The second-order valence-electron chi connectivity index (χ2n) is 9.31. The molecule has 0 aliphatic heterocycles. The molecule has 11 heteroatoms. The Kier molecular flexibility index (Phi) is 8.23. The molecule has 1 amide bonds. The maximum Gasteiger partial charge on any atom is 0.262 e. The zero-order valence-electron chi connectivity index (χ0n) is 20.9. The molecular weight excluding hydrogens is 535 g/mol. The molecule has 0 aliphatic rings. The monoisotopic (exact) mass is 560 g/mol. The molecule has 4 rings (SSSR count). The Hall–Kier alpha value is -2.91. The maximum absolute atomic E-state index is 13.2. The molecule has 2 aromatic heterocycles. The van der Waals surface area contributed by atoms with E-state index in [4.69, 9.17) is 39.8 Å². The largest absolute Gasteiger partial charge is 0.351 e. The minimum Gasteiger partial charge on any atom is -0.351 e. The van der Waals surface area contributed by atoms with Gasteiger partial charge >= 0.3 is 0 Å². The van der Waals surface area contributed by atoms with E-state index in [9.17, 15) is 9.59 Å². The lowest BCUT2D eigenvalue weighted by atomic mass is 10.1. The summed E-state index contributed by atoms with van der Waals surface area (Å²) in [5, 5.41) is 8.91. The summed E-state index contributed by atoms with van der Waals surface area (Å²) in [4.78, 5) is 35.2. The number of nitrogens with zero attached hydrogens (tertiary/aromatic N) is 4. The Morgan fingerprint density at radius 3 is 2.35 bits per heavy atom. The molecular formula is C26H27Cl3N6O2. The van der Waals surface area contributed by atoms with Crippen molar-refractivity contribution in [3.8, 4) is 5.69 Å². The van der Waals surface area contributed by atoms with E-state index in [1.165, 1.54) is 4.68 Å². The van der Waals surface area contributed by atoms with Crippen LogP contribution < -0.4 is 10.9 Å². The molecule has 0 bridgehead atoms. The van der Waals surface area contributed by atoms with Crippen LogP contribution in [0.25, 0.3) is 16.7 Å².